The maximum Gasteiger partial charge on any atom is 0.169 e. The first kappa shape index (κ1) is 13.1. The Morgan fingerprint density at radius 2 is 2.22 bits per heavy atom. The van der Waals surface area contributed by atoms with Gasteiger partial charge >= 0.3 is 0 Å². The van der Waals surface area contributed by atoms with Gasteiger partial charge in [-0.15, -0.1) is 6.58 Å². The molecule has 1 fully saturated rings. The van der Waals surface area contributed by atoms with Gasteiger partial charge in [0.1, 0.15) is 5.76 Å². The van der Waals surface area contributed by atoms with Gasteiger partial charge in [-0.25, -0.2) is 0 Å². The molecule has 5 heteroatoms. The summed E-state index contributed by atoms with van der Waals surface area (Å²) in [4.78, 5) is 4.59. The summed E-state index contributed by atoms with van der Waals surface area (Å²) in [5.41, 5.74) is 0. The minimum atomic E-state index is 0.728. The van der Waals surface area contributed by atoms with E-state index in [1.807, 2.05) is 18.2 Å². The molecule has 0 spiro atoms. The second kappa shape index (κ2) is 6.56. The molecule has 98 valence electrons. The number of hydrogen-bond acceptors (Lipinski definition) is 3. The lowest BCUT2D eigenvalue weighted by Crippen LogP contribution is -2.51. The van der Waals surface area contributed by atoms with E-state index in [4.69, 9.17) is 16.6 Å². The van der Waals surface area contributed by atoms with Gasteiger partial charge in [-0.1, -0.05) is 6.08 Å². The second-order valence-corrected chi connectivity index (χ2v) is 4.70. The Hall–Kier alpha value is -1.33. The predicted octanol–water partition coefficient (Wildman–Crippen LogP) is 1.46. The highest BCUT2D eigenvalue weighted by Crippen LogP contribution is 2.09. The largest absolute Gasteiger partial charge is 0.468 e. The van der Waals surface area contributed by atoms with Gasteiger partial charge in [0.15, 0.2) is 5.11 Å². The van der Waals surface area contributed by atoms with Gasteiger partial charge in [-0.2, -0.15) is 0 Å². The summed E-state index contributed by atoms with van der Waals surface area (Å²) in [6, 6.07) is 3.95. The molecule has 1 aromatic heterocycles. The molecule has 18 heavy (non-hydrogen) atoms. The Bertz CT molecular complexity index is 383. The van der Waals surface area contributed by atoms with Crippen molar-refractivity contribution in [3.8, 4) is 0 Å². The molecule has 1 aromatic rings. The summed E-state index contributed by atoms with van der Waals surface area (Å²) in [5.74, 6) is 1.02. The molecule has 2 rings (SSSR count). The van der Waals surface area contributed by atoms with Crippen LogP contribution in [0.4, 0.5) is 0 Å². The molecule has 0 aromatic carbocycles. The molecular weight excluding hydrogens is 246 g/mol. The summed E-state index contributed by atoms with van der Waals surface area (Å²) in [6.45, 7) is 9.23. The van der Waals surface area contributed by atoms with E-state index >= 15 is 0 Å². The lowest BCUT2D eigenvalue weighted by Gasteiger charge is -2.35. The Morgan fingerprint density at radius 3 is 2.83 bits per heavy atom. The van der Waals surface area contributed by atoms with Gasteiger partial charge in [0, 0.05) is 32.7 Å². The zero-order valence-corrected chi connectivity index (χ0v) is 11.3. The first-order chi connectivity index (χ1) is 8.79. The highest BCUT2D eigenvalue weighted by molar-refractivity contribution is 7.80. The Labute approximate surface area is 113 Å². The van der Waals surface area contributed by atoms with Crippen molar-refractivity contribution in [1.82, 2.24) is 15.1 Å². The van der Waals surface area contributed by atoms with Crippen LogP contribution in [0.15, 0.2) is 35.5 Å². The summed E-state index contributed by atoms with van der Waals surface area (Å²) in [6.07, 6.45) is 3.54. The van der Waals surface area contributed by atoms with Crippen LogP contribution in [0.3, 0.4) is 0 Å². The first-order valence-corrected chi connectivity index (χ1v) is 6.59. The van der Waals surface area contributed by atoms with Crippen LogP contribution < -0.4 is 5.32 Å². The van der Waals surface area contributed by atoms with E-state index < -0.39 is 0 Å². The van der Waals surface area contributed by atoms with Crippen molar-refractivity contribution in [2.24, 2.45) is 0 Å². The van der Waals surface area contributed by atoms with Crippen LogP contribution >= 0.6 is 12.2 Å². The van der Waals surface area contributed by atoms with Gasteiger partial charge < -0.3 is 14.6 Å². The standard InChI is InChI=1S/C13H19N3OS/c1-2-5-14-13(18)16-8-6-15(7-9-16)11-12-4-3-10-17-12/h2-4,10H,1,5-9,11H2,(H,14,18). The third kappa shape index (κ3) is 3.58. The van der Waals surface area contributed by atoms with Gasteiger partial charge in [-0.05, 0) is 24.4 Å². The van der Waals surface area contributed by atoms with Crippen molar-refractivity contribution >= 4 is 17.3 Å². The average Bonchev–Trinajstić information content (AvgIpc) is 2.89. The van der Waals surface area contributed by atoms with Crippen LogP contribution in [0, 0.1) is 0 Å². The molecule has 1 N–H and O–H groups in total. The monoisotopic (exact) mass is 265 g/mol. The molecule has 0 saturated carbocycles. The SMILES string of the molecule is C=CCNC(=S)N1CCN(Cc2ccco2)CC1. The van der Waals surface area contributed by atoms with Crippen molar-refractivity contribution in [3.63, 3.8) is 0 Å². The van der Waals surface area contributed by atoms with Crippen LogP contribution in [-0.2, 0) is 6.54 Å². The molecule has 2 heterocycles. The maximum atomic E-state index is 5.36. The van der Waals surface area contributed by atoms with Crippen LogP contribution in [0.2, 0.25) is 0 Å². The van der Waals surface area contributed by atoms with Crippen molar-refractivity contribution < 1.29 is 4.42 Å². The van der Waals surface area contributed by atoms with Crippen LogP contribution in [0.25, 0.3) is 0 Å². The van der Waals surface area contributed by atoms with E-state index in [0.717, 1.165) is 50.1 Å². The van der Waals surface area contributed by atoms with Crippen LogP contribution in [0.5, 0.6) is 0 Å². The van der Waals surface area contributed by atoms with Crippen molar-refractivity contribution in [2.75, 3.05) is 32.7 Å². The normalized spacial score (nSPS) is 16.6. The van der Waals surface area contributed by atoms with Gasteiger partial charge in [0.25, 0.3) is 0 Å². The third-order valence-electron chi connectivity index (χ3n) is 3.02. The Balaban J connectivity index is 1.74. The molecule has 1 aliphatic heterocycles. The van der Waals surface area contributed by atoms with E-state index in [1.54, 1.807) is 6.26 Å². The van der Waals surface area contributed by atoms with E-state index in [9.17, 15) is 0 Å². The van der Waals surface area contributed by atoms with E-state index in [0.29, 0.717) is 0 Å². The molecule has 0 amide bonds. The fourth-order valence-corrected chi connectivity index (χ4v) is 2.27. The number of hydrogen-bond donors (Lipinski definition) is 1. The minimum absolute atomic E-state index is 0.728. The minimum Gasteiger partial charge on any atom is -0.468 e. The molecule has 0 unspecified atom stereocenters. The highest BCUT2D eigenvalue weighted by atomic mass is 32.1. The number of furan rings is 1. The number of nitrogens with one attached hydrogen (secondary N) is 1. The molecule has 1 aliphatic rings. The molecule has 0 atom stereocenters. The van der Waals surface area contributed by atoms with Gasteiger partial charge in [-0.3, -0.25) is 4.90 Å². The number of thiocarbonyl (C=S) groups is 1. The third-order valence-corrected chi connectivity index (χ3v) is 3.42. The number of piperazine rings is 1. The van der Waals surface area contributed by atoms with Gasteiger partial charge in [0.05, 0.1) is 12.8 Å². The average molecular weight is 265 g/mol. The summed E-state index contributed by atoms with van der Waals surface area (Å²) >= 11 is 5.32. The lowest BCUT2D eigenvalue weighted by molar-refractivity contribution is 0.164. The summed E-state index contributed by atoms with van der Waals surface area (Å²) in [7, 11) is 0. The zero-order valence-electron chi connectivity index (χ0n) is 10.5. The molecule has 0 radical (unpaired) electrons. The fraction of sp³-hybridized carbons (Fsp3) is 0.462. The zero-order chi connectivity index (χ0) is 12.8. The predicted molar refractivity (Wildman–Crippen MR) is 76.4 cm³/mol. The maximum absolute atomic E-state index is 5.36. The topological polar surface area (TPSA) is 31.6 Å². The molecule has 0 bridgehead atoms. The van der Waals surface area contributed by atoms with Crippen LogP contribution in [0.1, 0.15) is 5.76 Å². The van der Waals surface area contributed by atoms with Crippen molar-refractivity contribution in [3.05, 3.63) is 36.8 Å². The lowest BCUT2D eigenvalue weighted by atomic mass is 10.3. The van der Waals surface area contributed by atoms with E-state index in [1.165, 1.54) is 0 Å². The van der Waals surface area contributed by atoms with Crippen LogP contribution in [-0.4, -0.2) is 47.6 Å². The summed E-state index contributed by atoms with van der Waals surface area (Å²) < 4.78 is 5.36. The highest BCUT2D eigenvalue weighted by Gasteiger charge is 2.19. The molecule has 4 nitrogen and oxygen atoms in total. The van der Waals surface area contributed by atoms with Crippen molar-refractivity contribution in [2.45, 2.75) is 6.54 Å². The smallest absolute Gasteiger partial charge is 0.169 e. The van der Waals surface area contributed by atoms with Crippen molar-refractivity contribution in [1.29, 1.82) is 0 Å². The summed E-state index contributed by atoms with van der Waals surface area (Å²) in [5, 5.41) is 3.99. The molecular formula is C13H19N3OS. The Kier molecular flexibility index (Phi) is 4.78. The van der Waals surface area contributed by atoms with E-state index in [-0.39, 0.29) is 0 Å². The molecule has 0 aliphatic carbocycles. The number of nitrogens with zero attached hydrogens (tertiary/aromatic N) is 2. The number of rotatable bonds is 4. The quantitative estimate of drug-likeness (QED) is 0.658. The first-order valence-electron chi connectivity index (χ1n) is 6.18. The fourth-order valence-electron chi connectivity index (χ4n) is 2.00. The van der Waals surface area contributed by atoms with E-state index in [2.05, 4.69) is 21.7 Å². The second-order valence-electron chi connectivity index (χ2n) is 4.32. The Morgan fingerprint density at radius 1 is 1.44 bits per heavy atom. The molecule has 1 saturated heterocycles. The van der Waals surface area contributed by atoms with Gasteiger partial charge in [0.2, 0.25) is 0 Å².